The summed E-state index contributed by atoms with van der Waals surface area (Å²) in [5.41, 5.74) is 3.67. The van der Waals surface area contributed by atoms with E-state index in [0.29, 0.717) is 0 Å². The van der Waals surface area contributed by atoms with Crippen molar-refractivity contribution in [3.63, 3.8) is 0 Å². The van der Waals surface area contributed by atoms with E-state index >= 15 is 0 Å². The summed E-state index contributed by atoms with van der Waals surface area (Å²) < 4.78 is 2.09. The van der Waals surface area contributed by atoms with Crippen molar-refractivity contribution < 1.29 is 0 Å². The van der Waals surface area contributed by atoms with Crippen molar-refractivity contribution in [2.24, 2.45) is 7.05 Å². The zero-order valence-corrected chi connectivity index (χ0v) is 9.69. The van der Waals surface area contributed by atoms with Gasteiger partial charge >= 0.3 is 0 Å². The number of hydrogen-bond donors (Lipinski definition) is 0. The second-order valence-electron chi connectivity index (χ2n) is 4.55. The van der Waals surface area contributed by atoms with Crippen LogP contribution in [0.5, 0.6) is 0 Å². The molecule has 1 fully saturated rings. The molecular formula is C13H17N3. The quantitative estimate of drug-likeness (QED) is 0.729. The molecule has 3 heteroatoms. The molecule has 3 nitrogen and oxygen atoms in total. The average Bonchev–Trinajstić information content (AvgIpc) is 2.73. The topological polar surface area (TPSA) is 21.1 Å². The van der Waals surface area contributed by atoms with Gasteiger partial charge in [-0.15, -0.1) is 0 Å². The van der Waals surface area contributed by atoms with Gasteiger partial charge in [0.1, 0.15) is 5.52 Å². The van der Waals surface area contributed by atoms with Crippen molar-refractivity contribution in [3.05, 3.63) is 24.5 Å². The second kappa shape index (κ2) is 3.81. The largest absolute Gasteiger partial charge is 0.370 e. The van der Waals surface area contributed by atoms with Gasteiger partial charge in [-0.25, -0.2) is 4.98 Å². The van der Waals surface area contributed by atoms with Crippen molar-refractivity contribution in [2.75, 3.05) is 18.0 Å². The summed E-state index contributed by atoms with van der Waals surface area (Å²) in [6.45, 7) is 2.35. The highest BCUT2D eigenvalue weighted by Crippen LogP contribution is 2.27. The molecule has 0 N–H and O–H groups in total. The second-order valence-corrected chi connectivity index (χ2v) is 4.55. The lowest BCUT2D eigenvalue weighted by Gasteiger charge is -2.28. The third-order valence-corrected chi connectivity index (χ3v) is 3.43. The maximum Gasteiger partial charge on any atom is 0.112 e. The number of fused-ring (bicyclic) bond motifs is 1. The fourth-order valence-corrected chi connectivity index (χ4v) is 2.53. The van der Waals surface area contributed by atoms with Crippen LogP contribution < -0.4 is 4.90 Å². The highest BCUT2D eigenvalue weighted by atomic mass is 15.1. The molecule has 1 aliphatic rings. The van der Waals surface area contributed by atoms with E-state index in [-0.39, 0.29) is 0 Å². The Kier molecular flexibility index (Phi) is 2.31. The van der Waals surface area contributed by atoms with Crippen LogP contribution in [0, 0.1) is 0 Å². The van der Waals surface area contributed by atoms with Gasteiger partial charge in [0.15, 0.2) is 0 Å². The summed E-state index contributed by atoms with van der Waals surface area (Å²) in [5.74, 6) is 0. The van der Waals surface area contributed by atoms with E-state index in [2.05, 4.69) is 39.7 Å². The van der Waals surface area contributed by atoms with Crippen molar-refractivity contribution in [2.45, 2.75) is 19.3 Å². The van der Waals surface area contributed by atoms with Gasteiger partial charge < -0.3 is 9.47 Å². The van der Waals surface area contributed by atoms with Gasteiger partial charge in [0.2, 0.25) is 0 Å². The van der Waals surface area contributed by atoms with E-state index in [1.165, 1.54) is 43.6 Å². The van der Waals surface area contributed by atoms with Crippen molar-refractivity contribution in [3.8, 4) is 0 Å². The Morgan fingerprint density at radius 3 is 2.75 bits per heavy atom. The molecule has 84 valence electrons. The smallest absolute Gasteiger partial charge is 0.112 e. The van der Waals surface area contributed by atoms with Crippen molar-refractivity contribution in [1.29, 1.82) is 0 Å². The molecule has 2 heterocycles. The summed E-state index contributed by atoms with van der Waals surface area (Å²) in [4.78, 5) is 6.99. The monoisotopic (exact) mass is 215 g/mol. The molecule has 1 aromatic heterocycles. The molecule has 0 aliphatic carbocycles. The molecule has 0 unspecified atom stereocenters. The highest BCUT2D eigenvalue weighted by molar-refractivity contribution is 5.88. The maximum atomic E-state index is 4.51. The van der Waals surface area contributed by atoms with Gasteiger partial charge in [-0.1, -0.05) is 6.07 Å². The highest BCUT2D eigenvalue weighted by Gasteiger charge is 2.14. The summed E-state index contributed by atoms with van der Waals surface area (Å²) in [6.07, 6.45) is 5.89. The predicted molar refractivity (Wildman–Crippen MR) is 66.8 cm³/mol. The number of para-hydroxylation sites is 1. The van der Waals surface area contributed by atoms with Crippen LogP contribution in [0.2, 0.25) is 0 Å². The molecule has 1 saturated heterocycles. The maximum absolute atomic E-state index is 4.51. The first-order valence-electron chi connectivity index (χ1n) is 6.01. The van der Waals surface area contributed by atoms with E-state index in [1.807, 2.05) is 6.33 Å². The minimum Gasteiger partial charge on any atom is -0.370 e. The van der Waals surface area contributed by atoms with Crippen molar-refractivity contribution in [1.82, 2.24) is 9.55 Å². The Hall–Kier alpha value is -1.51. The first kappa shape index (κ1) is 9.70. The zero-order chi connectivity index (χ0) is 11.0. The summed E-state index contributed by atoms with van der Waals surface area (Å²) in [5, 5.41) is 0. The lowest BCUT2D eigenvalue weighted by Crippen LogP contribution is -2.29. The first-order chi connectivity index (χ1) is 7.86. The van der Waals surface area contributed by atoms with Crippen molar-refractivity contribution >= 4 is 16.7 Å². The fraction of sp³-hybridized carbons (Fsp3) is 0.462. The van der Waals surface area contributed by atoms with Gasteiger partial charge in [-0.3, -0.25) is 0 Å². The van der Waals surface area contributed by atoms with E-state index in [1.54, 1.807) is 0 Å². The molecule has 0 atom stereocenters. The lowest BCUT2D eigenvalue weighted by molar-refractivity contribution is 0.579. The van der Waals surface area contributed by atoms with E-state index in [0.717, 1.165) is 5.52 Å². The van der Waals surface area contributed by atoms with Gasteiger partial charge in [-0.2, -0.15) is 0 Å². The van der Waals surface area contributed by atoms with Crippen LogP contribution in [0.3, 0.4) is 0 Å². The number of nitrogens with zero attached hydrogens (tertiary/aromatic N) is 3. The van der Waals surface area contributed by atoms with Gasteiger partial charge in [0.05, 0.1) is 17.5 Å². The van der Waals surface area contributed by atoms with Gasteiger partial charge in [-0.05, 0) is 31.4 Å². The first-order valence-corrected chi connectivity index (χ1v) is 6.01. The van der Waals surface area contributed by atoms with Crippen LogP contribution in [-0.4, -0.2) is 22.6 Å². The Labute approximate surface area is 95.7 Å². The molecule has 1 aliphatic heterocycles. The minimum absolute atomic E-state index is 1.15. The Balaban J connectivity index is 2.08. The number of imidazole rings is 1. The number of aryl methyl sites for hydroxylation is 1. The Morgan fingerprint density at radius 1 is 1.12 bits per heavy atom. The van der Waals surface area contributed by atoms with Crippen LogP contribution >= 0.6 is 0 Å². The predicted octanol–water partition coefficient (Wildman–Crippen LogP) is 2.56. The minimum atomic E-state index is 1.15. The van der Waals surface area contributed by atoms with E-state index in [4.69, 9.17) is 0 Å². The number of piperidine rings is 1. The number of hydrogen-bond acceptors (Lipinski definition) is 2. The Bertz CT molecular complexity index is 495. The third kappa shape index (κ3) is 1.47. The van der Waals surface area contributed by atoms with Gasteiger partial charge in [0, 0.05) is 20.1 Å². The number of benzene rings is 1. The standard InChI is InChI=1S/C13H17N3/c1-15-10-14-13-11(15)6-5-7-12(13)16-8-3-2-4-9-16/h5-7,10H,2-4,8-9H2,1H3. The molecule has 0 radical (unpaired) electrons. The van der Waals surface area contributed by atoms with E-state index in [9.17, 15) is 0 Å². The summed E-state index contributed by atoms with van der Waals surface area (Å²) in [6, 6.07) is 6.46. The molecule has 2 aromatic rings. The molecule has 0 saturated carbocycles. The van der Waals surface area contributed by atoms with Crippen LogP contribution in [-0.2, 0) is 7.05 Å². The van der Waals surface area contributed by atoms with Crippen LogP contribution in [0.15, 0.2) is 24.5 Å². The molecule has 0 spiro atoms. The zero-order valence-electron chi connectivity index (χ0n) is 9.69. The molecule has 0 bridgehead atoms. The average molecular weight is 215 g/mol. The molecule has 0 amide bonds. The SMILES string of the molecule is Cn1cnc2c(N3CCCCC3)cccc21. The molecular weight excluding hydrogens is 198 g/mol. The molecule has 1 aromatic carbocycles. The molecule has 16 heavy (non-hydrogen) atoms. The van der Waals surface area contributed by atoms with Crippen LogP contribution in [0.4, 0.5) is 5.69 Å². The van der Waals surface area contributed by atoms with E-state index < -0.39 is 0 Å². The van der Waals surface area contributed by atoms with Crippen LogP contribution in [0.1, 0.15) is 19.3 Å². The number of rotatable bonds is 1. The molecule has 3 rings (SSSR count). The number of anilines is 1. The summed E-state index contributed by atoms with van der Waals surface area (Å²) in [7, 11) is 2.05. The normalized spacial score (nSPS) is 16.9. The third-order valence-electron chi connectivity index (χ3n) is 3.43. The van der Waals surface area contributed by atoms with Gasteiger partial charge in [0.25, 0.3) is 0 Å². The van der Waals surface area contributed by atoms with Crippen LogP contribution in [0.25, 0.3) is 11.0 Å². The lowest BCUT2D eigenvalue weighted by atomic mass is 10.1. The summed E-state index contributed by atoms with van der Waals surface area (Å²) >= 11 is 0. The fourth-order valence-electron chi connectivity index (χ4n) is 2.53. The Morgan fingerprint density at radius 2 is 1.94 bits per heavy atom. The number of aromatic nitrogens is 2.